The van der Waals surface area contributed by atoms with Crippen LogP contribution in [0.15, 0.2) is 53.3 Å². The molecule has 0 saturated carbocycles. The molecule has 0 radical (unpaired) electrons. The summed E-state index contributed by atoms with van der Waals surface area (Å²) in [6, 6.07) is 11.6. The number of rotatable bonds is 5. The van der Waals surface area contributed by atoms with Crippen molar-refractivity contribution < 1.29 is 27.5 Å². The highest BCUT2D eigenvalue weighted by atomic mass is 19.4. The summed E-state index contributed by atoms with van der Waals surface area (Å²) in [4.78, 5) is 41.0. The lowest BCUT2D eigenvalue weighted by molar-refractivity contribution is -0.137. The maximum atomic E-state index is 13.0. The first kappa shape index (κ1) is 24.2. The van der Waals surface area contributed by atoms with E-state index in [1.54, 1.807) is 42.2 Å². The van der Waals surface area contributed by atoms with Crippen LogP contribution in [0, 0.1) is 0 Å². The van der Waals surface area contributed by atoms with Crippen LogP contribution in [0.2, 0.25) is 0 Å². The van der Waals surface area contributed by atoms with Crippen molar-refractivity contribution in [3.63, 3.8) is 0 Å². The smallest absolute Gasteiger partial charge is 0.416 e. The van der Waals surface area contributed by atoms with E-state index in [4.69, 9.17) is 4.74 Å². The summed E-state index contributed by atoms with van der Waals surface area (Å²) in [6.07, 6.45) is -4.43. The van der Waals surface area contributed by atoms with Crippen LogP contribution >= 0.6 is 0 Å². The molecule has 35 heavy (non-hydrogen) atoms. The zero-order chi connectivity index (χ0) is 25.2. The van der Waals surface area contributed by atoms with Gasteiger partial charge in [0, 0.05) is 43.8 Å². The van der Waals surface area contributed by atoms with Gasteiger partial charge in [0.1, 0.15) is 0 Å². The molecule has 0 N–H and O–H groups in total. The van der Waals surface area contributed by atoms with Crippen LogP contribution in [0.3, 0.4) is 0 Å². The number of halogens is 3. The van der Waals surface area contributed by atoms with Gasteiger partial charge in [-0.15, -0.1) is 0 Å². The van der Waals surface area contributed by atoms with Crippen molar-refractivity contribution in [2.45, 2.75) is 19.6 Å². The first-order chi connectivity index (χ1) is 16.7. The summed E-state index contributed by atoms with van der Waals surface area (Å²) in [5.41, 5.74) is -0.670. The molecule has 1 aliphatic rings. The Kier molecular flexibility index (Phi) is 6.77. The number of alkyl halides is 3. The van der Waals surface area contributed by atoms with E-state index in [-0.39, 0.29) is 30.9 Å². The second-order valence-electron chi connectivity index (χ2n) is 8.01. The van der Waals surface area contributed by atoms with Crippen molar-refractivity contribution in [2.24, 2.45) is 0 Å². The molecule has 1 aromatic heterocycles. The van der Waals surface area contributed by atoms with E-state index in [0.29, 0.717) is 29.5 Å². The van der Waals surface area contributed by atoms with Crippen LogP contribution in [0.5, 0.6) is 0 Å². The summed E-state index contributed by atoms with van der Waals surface area (Å²) in [6.45, 7) is 2.70. The number of benzene rings is 2. The van der Waals surface area contributed by atoms with E-state index < -0.39 is 30.2 Å². The molecule has 2 heterocycles. The van der Waals surface area contributed by atoms with Crippen molar-refractivity contribution >= 4 is 28.3 Å². The lowest BCUT2D eigenvalue weighted by Gasteiger charge is -2.36. The minimum Gasteiger partial charge on any atom is -0.451 e. The number of aromatic nitrogens is 2. The number of piperazine rings is 1. The predicted molar refractivity (Wildman–Crippen MR) is 122 cm³/mol. The van der Waals surface area contributed by atoms with Crippen LogP contribution in [0.4, 0.5) is 18.9 Å². The molecule has 0 aliphatic carbocycles. The van der Waals surface area contributed by atoms with Gasteiger partial charge in [0.05, 0.1) is 10.9 Å². The zero-order valence-electron chi connectivity index (χ0n) is 18.9. The second-order valence-corrected chi connectivity index (χ2v) is 8.01. The van der Waals surface area contributed by atoms with Gasteiger partial charge in [-0.05, 0) is 31.2 Å². The number of hydrogen-bond donors (Lipinski definition) is 0. The number of hydrogen-bond acceptors (Lipinski definition) is 6. The minimum atomic E-state index is -4.43. The Balaban J connectivity index is 1.38. The van der Waals surface area contributed by atoms with Crippen LogP contribution in [-0.4, -0.2) is 59.3 Å². The Bertz CT molecular complexity index is 1310. The molecule has 11 heteroatoms. The number of amides is 1. The average molecular weight is 488 g/mol. The summed E-state index contributed by atoms with van der Waals surface area (Å²) >= 11 is 0. The Morgan fingerprint density at radius 1 is 1.00 bits per heavy atom. The quantitative estimate of drug-likeness (QED) is 0.514. The van der Waals surface area contributed by atoms with Gasteiger partial charge in [-0.25, -0.2) is 9.48 Å². The molecule has 1 fully saturated rings. The molecule has 0 bridgehead atoms. The maximum Gasteiger partial charge on any atom is 0.416 e. The number of anilines is 1. The molecule has 1 aliphatic heterocycles. The Labute approximate surface area is 198 Å². The SMILES string of the molecule is CCn1nc(C(=O)OCC(=O)N2CCN(c3cccc(C(F)(F)F)c3)CC2)c2ccccc2c1=O. The Morgan fingerprint density at radius 2 is 1.69 bits per heavy atom. The summed E-state index contributed by atoms with van der Waals surface area (Å²) < 4.78 is 45.3. The number of fused-ring (bicyclic) bond motifs is 1. The van der Waals surface area contributed by atoms with Crippen molar-refractivity contribution in [1.82, 2.24) is 14.7 Å². The van der Waals surface area contributed by atoms with Crippen molar-refractivity contribution in [3.8, 4) is 0 Å². The lowest BCUT2D eigenvalue weighted by Crippen LogP contribution is -2.50. The molecule has 8 nitrogen and oxygen atoms in total. The molecule has 3 aromatic rings. The fourth-order valence-electron chi connectivity index (χ4n) is 3.98. The monoisotopic (exact) mass is 488 g/mol. The predicted octanol–water partition coefficient (Wildman–Crippen LogP) is 2.94. The zero-order valence-corrected chi connectivity index (χ0v) is 18.9. The highest BCUT2D eigenvalue weighted by Crippen LogP contribution is 2.31. The molecule has 0 spiro atoms. The standard InChI is InChI=1S/C24H23F3N4O4/c1-2-31-22(33)19-9-4-3-8-18(19)21(28-31)23(34)35-15-20(32)30-12-10-29(11-13-30)17-7-5-6-16(14-17)24(25,26)27/h3-9,14H,2,10-13,15H2,1H3. The minimum absolute atomic E-state index is 0.0517. The van der Waals surface area contributed by atoms with Gasteiger partial charge in [-0.3, -0.25) is 9.59 Å². The van der Waals surface area contributed by atoms with E-state index in [0.717, 1.165) is 16.8 Å². The van der Waals surface area contributed by atoms with Gasteiger partial charge >= 0.3 is 12.1 Å². The third-order valence-corrected chi connectivity index (χ3v) is 5.86. The molecule has 0 unspecified atom stereocenters. The van der Waals surface area contributed by atoms with E-state index in [1.165, 1.54) is 11.0 Å². The van der Waals surface area contributed by atoms with Crippen LogP contribution in [0.25, 0.3) is 10.8 Å². The van der Waals surface area contributed by atoms with Crippen molar-refractivity contribution in [3.05, 3.63) is 70.1 Å². The highest BCUT2D eigenvalue weighted by molar-refractivity contribution is 6.02. The number of aryl methyl sites for hydroxylation is 1. The van der Waals surface area contributed by atoms with Gasteiger partial charge in [-0.2, -0.15) is 18.3 Å². The largest absolute Gasteiger partial charge is 0.451 e. The van der Waals surface area contributed by atoms with Gasteiger partial charge in [-0.1, -0.05) is 24.3 Å². The number of carbonyl (C=O) groups excluding carboxylic acids is 2. The molecular formula is C24H23F3N4O4. The molecule has 4 rings (SSSR count). The number of carbonyl (C=O) groups is 2. The second kappa shape index (κ2) is 9.77. The molecular weight excluding hydrogens is 465 g/mol. The van der Waals surface area contributed by atoms with Gasteiger partial charge < -0.3 is 14.5 Å². The molecule has 2 aromatic carbocycles. The van der Waals surface area contributed by atoms with Crippen molar-refractivity contribution in [1.29, 1.82) is 0 Å². The average Bonchev–Trinajstić information content (AvgIpc) is 2.87. The van der Waals surface area contributed by atoms with E-state index in [9.17, 15) is 27.6 Å². The van der Waals surface area contributed by atoms with E-state index in [1.807, 2.05) is 0 Å². The van der Waals surface area contributed by atoms with Gasteiger partial charge in [0.25, 0.3) is 11.5 Å². The topological polar surface area (TPSA) is 84.7 Å². The first-order valence-corrected chi connectivity index (χ1v) is 11.1. The first-order valence-electron chi connectivity index (χ1n) is 11.1. The van der Waals surface area contributed by atoms with Crippen LogP contribution < -0.4 is 10.5 Å². The third-order valence-electron chi connectivity index (χ3n) is 5.86. The third kappa shape index (κ3) is 5.13. The maximum absolute atomic E-state index is 13.0. The Hall–Kier alpha value is -3.89. The summed E-state index contributed by atoms with van der Waals surface area (Å²) in [5, 5.41) is 4.76. The fourth-order valence-corrected chi connectivity index (χ4v) is 3.98. The van der Waals surface area contributed by atoms with Crippen LogP contribution in [-0.2, 0) is 22.3 Å². The van der Waals surface area contributed by atoms with Crippen LogP contribution in [0.1, 0.15) is 23.0 Å². The summed E-state index contributed by atoms with van der Waals surface area (Å²) in [7, 11) is 0. The summed E-state index contributed by atoms with van der Waals surface area (Å²) in [5.74, 6) is -1.24. The van der Waals surface area contributed by atoms with Gasteiger partial charge in [0.2, 0.25) is 0 Å². The molecule has 1 saturated heterocycles. The van der Waals surface area contributed by atoms with E-state index >= 15 is 0 Å². The van der Waals surface area contributed by atoms with Gasteiger partial charge in [0.15, 0.2) is 12.3 Å². The fraction of sp³-hybridized carbons (Fsp3) is 0.333. The molecule has 0 atom stereocenters. The van der Waals surface area contributed by atoms with E-state index in [2.05, 4.69) is 5.10 Å². The highest BCUT2D eigenvalue weighted by Gasteiger charge is 2.31. The number of ether oxygens (including phenoxy) is 1. The number of nitrogens with zero attached hydrogens (tertiary/aromatic N) is 4. The normalized spacial score (nSPS) is 14.3. The number of esters is 1. The Morgan fingerprint density at radius 3 is 2.34 bits per heavy atom. The van der Waals surface area contributed by atoms with Crippen molar-refractivity contribution in [2.75, 3.05) is 37.7 Å². The lowest BCUT2D eigenvalue weighted by atomic mass is 10.1. The molecule has 184 valence electrons. The molecule has 1 amide bonds.